The maximum absolute atomic E-state index is 11.5. The molecule has 0 aliphatic heterocycles. The Morgan fingerprint density at radius 1 is 0.750 bits per heavy atom. The molecule has 0 aliphatic carbocycles. The second-order valence-corrected chi connectivity index (χ2v) is 26.8. The van der Waals surface area contributed by atoms with E-state index in [2.05, 4.69) is 25.2 Å². The summed E-state index contributed by atoms with van der Waals surface area (Å²) in [6.45, 7) is -0.530. The van der Waals surface area contributed by atoms with Crippen molar-refractivity contribution in [1.82, 2.24) is 9.97 Å². The van der Waals surface area contributed by atoms with Gasteiger partial charge in [-0.25, -0.2) is 19.6 Å². The Labute approximate surface area is 390 Å². The number of nitriles is 1. The number of H-pyrrole nitrogens is 2. The number of primary amides is 3. The standard InChI is InChI=1S/C10H9N3O4.C10H12N2O4.C8H9NO3.C2H4ClNO.CHNO.Cl5P.Na/c11-8(14)4-17-5-1-2-7-6(3-5)9(15)13-10(16)12-7;1-15-10(14)7-4-6(2-3-8(7)11)16-5-9(12)13;1-12-8(11)6-4-5(10)2-3-7(6)9;3-1-2(4)5;2-1-3;1-6(2,3,4)5;/h1-3H,4H2,(H2,11,14)(H2,12,13,15,16);2-4H,5,11H2,1H3,(H2,12,13);2-4,10H,9H2,1H3;1H2,(H2,4,5);3H;;/q;;;;;;+1/p-1. The molecule has 21 nitrogen and oxygen atoms in total. The van der Waals surface area contributed by atoms with Crippen LogP contribution in [0.25, 0.3) is 10.9 Å². The van der Waals surface area contributed by atoms with E-state index in [0.29, 0.717) is 29.0 Å². The number of methoxy groups -OCH3 is 2. The maximum Gasteiger partial charge on any atom is 1.00 e. The fraction of sp³-hybridized carbons (Fsp3) is 0.161. The fourth-order valence-corrected chi connectivity index (χ4v) is 3.29. The number of nitrogens with two attached hydrogens (primary N) is 5. The molecule has 4 aromatic rings. The molecule has 0 unspecified atom stereocenters. The molecule has 0 saturated heterocycles. The van der Waals surface area contributed by atoms with Crippen LogP contribution in [0.1, 0.15) is 20.7 Å². The third-order valence-electron chi connectivity index (χ3n) is 5.48. The molecule has 29 heteroatoms. The summed E-state index contributed by atoms with van der Waals surface area (Å²) in [4.78, 5) is 79.8. The molecule has 4 rings (SSSR count). The number of phenols is 1. The molecule has 0 aliphatic rings. The molecule has 0 saturated carbocycles. The van der Waals surface area contributed by atoms with Crippen LogP contribution in [0.15, 0.2) is 64.2 Å². The van der Waals surface area contributed by atoms with Crippen LogP contribution in [-0.4, -0.2) is 78.0 Å². The number of phenolic OH excluding ortho intramolecular Hbond substituents is 1. The number of fused-ring (bicyclic) bond motifs is 1. The van der Waals surface area contributed by atoms with Crippen molar-refractivity contribution < 1.29 is 82.7 Å². The second-order valence-electron chi connectivity index (χ2n) is 9.96. The van der Waals surface area contributed by atoms with Crippen molar-refractivity contribution in [3.05, 3.63) is 86.6 Å². The summed E-state index contributed by atoms with van der Waals surface area (Å²) in [6.07, 6.45) is 0.500. The average Bonchev–Trinajstić information content (AvgIpc) is 3.14. The topological polar surface area (TPSA) is 385 Å². The van der Waals surface area contributed by atoms with Gasteiger partial charge in [-0.3, -0.25) is 24.2 Å². The van der Waals surface area contributed by atoms with Crippen LogP contribution >= 0.6 is 71.2 Å². The number of aromatic nitrogens is 2. The number of alkyl halides is 1. The molecule has 0 atom stereocenters. The molecule has 60 heavy (non-hydrogen) atoms. The number of aromatic hydroxyl groups is 1. The summed E-state index contributed by atoms with van der Waals surface area (Å²) in [5.74, 6) is -2.25. The molecule has 3 amide bonds. The largest absolute Gasteiger partial charge is 1.00 e. The number of ether oxygens (including phenoxy) is 4. The Bertz CT molecular complexity index is 2220. The fourth-order valence-electron chi connectivity index (χ4n) is 3.29. The van der Waals surface area contributed by atoms with E-state index in [1.54, 1.807) is 0 Å². The number of rotatable bonds is 9. The van der Waals surface area contributed by atoms with Crippen molar-refractivity contribution in [2.75, 3.05) is 44.8 Å². The van der Waals surface area contributed by atoms with Crippen LogP contribution in [0, 0.1) is 11.5 Å². The molecular formula is C31H34Cl6N8NaO13P. The van der Waals surface area contributed by atoms with E-state index >= 15 is 0 Å². The normalized spacial score (nSPS) is 10.0. The van der Waals surface area contributed by atoms with Crippen molar-refractivity contribution in [2.45, 2.75) is 0 Å². The number of hydrogen-bond donors (Lipinski definition) is 8. The summed E-state index contributed by atoms with van der Waals surface area (Å²) in [6, 6.07) is 13.0. The Morgan fingerprint density at radius 2 is 1.13 bits per heavy atom. The molecule has 0 spiro atoms. The Hall–Kier alpha value is -4.59. The van der Waals surface area contributed by atoms with E-state index in [1.807, 2.05) is 0 Å². The van der Waals surface area contributed by atoms with Crippen LogP contribution in [-0.2, 0) is 23.9 Å². The van der Waals surface area contributed by atoms with Crippen molar-refractivity contribution in [3.63, 3.8) is 0 Å². The number of halogens is 6. The first-order valence-corrected chi connectivity index (χ1v) is 22.2. The number of nitrogen functional groups attached to an aromatic ring is 2. The van der Waals surface area contributed by atoms with E-state index in [0.717, 1.165) is 0 Å². The number of aromatic amines is 2. The Balaban J connectivity index is -0.000000703. The Morgan fingerprint density at radius 3 is 1.53 bits per heavy atom. The van der Waals surface area contributed by atoms with Crippen LogP contribution in [0.5, 0.6) is 17.2 Å². The predicted molar refractivity (Wildman–Crippen MR) is 222 cm³/mol. The molecule has 13 N–H and O–H groups in total. The van der Waals surface area contributed by atoms with Gasteiger partial charge in [-0.15, -0.1) is 11.6 Å². The predicted octanol–water partition coefficient (Wildman–Crippen LogP) is -0.388. The molecule has 0 radical (unpaired) electrons. The van der Waals surface area contributed by atoms with E-state index in [1.165, 1.54) is 68.8 Å². The zero-order valence-corrected chi connectivity index (χ0v) is 38.6. The molecular weight excluding hydrogens is 959 g/mol. The number of esters is 2. The average molecular weight is 993 g/mol. The number of nitrogens with zero attached hydrogens (tertiary/aromatic N) is 1. The van der Waals surface area contributed by atoms with Crippen LogP contribution < -0.4 is 84.1 Å². The second kappa shape index (κ2) is 29.6. The van der Waals surface area contributed by atoms with Gasteiger partial charge in [0.2, 0.25) is 5.91 Å². The van der Waals surface area contributed by atoms with Gasteiger partial charge in [-0.2, -0.15) is 0 Å². The number of hydrogen-bond acceptors (Lipinski definition) is 16. The van der Waals surface area contributed by atoms with Gasteiger partial charge in [0.15, 0.2) is 13.2 Å². The van der Waals surface area contributed by atoms with E-state index in [4.69, 9.17) is 116 Å². The van der Waals surface area contributed by atoms with Gasteiger partial charge in [-0.05, 0) is 54.6 Å². The first-order chi connectivity index (χ1) is 27.2. The van der Waals surface area contributed by atoms with E-state index in [9.17, 15) is 33.6 Å². The first-order valence-electron chi connectivity index (χ1n) is 14.9. The van der Waals surface area contributed by atoms with E-state index < -0.39 is 44.3 Å². The third kappa shape index (κ3) is 29.6. The van der Waals surface area contributed by atoms with Crippen LogP contribution in [0.3, 0.4) is 0 Å². The van der Waals surface area contributed by atoms with E-state index in [-0.39, 0.29) is 76.6 Å². The zero-order chi connectivity index (χ0) is 46.1. The number of benzene rings is 3. The summed E-state index contributed by atoms with van der Waals surface area (Å²) >= 11 is 29.8. The maximum atomic E-state index is 11.5. The van der Waals surface area contributed by atoms with Gasteiger partial charge in [0.1, 0.15) is 23.1 Å². The first kappa shape index (κ1) is 59.7. The molecule has 3 aromatic carbocycles. The quantitative estimate of drug-likeness (QED) is 0.0201. The molecule has 0 bridgehead atoms. The van der Waals surface area contributed by atoms with Gasteiger partial charge in [-0.1, -0.05) is 0 Å². The van der Waals surface area contributed by atoms with Crippen molar-refractivity contribution in [1.29, 1.82) is 5.26 Å². The van der Waals surface area contributed by atoms with Gasteiger partial charge < -0.3 is 62.8 Å². The number of anilines is 2. The minimum atomic E-state index is -3.69. The number of nitrogens with one attached hydrogen (secondary N) is 2. The van der Waals surface area contributed by atoms with Gasteiger partial charge in [0.05, 0.1) is 36.2 Å². The summed E-state index contributed by atoms with van der Waals surface area (Å²) in [5, 5.41) is 24.3. The minimum absolute atomic E-state index is 0. The van der Waals surface area contributed by atoms with Crippen molar-refractivity contribution in [3.8, 4) is 23.5 Å². The minimum Gasteiger partial charge on any atom is -0.812 e. The summed E-state index contributed by atoms with van der Waals surface area (Å²) < 4.78 is 15.3. The zero-order valence-electron chi connectivity index (χ0n) is 31.2. The number of amides is 3. The van der Waals surface area contributed by atoms with Gasteiger partial charge in [0, 0.05) is 17.6 Å². The molecule has 324 valence electrons. The molecule has 1 aromatic heterocycles. The van der Waals surface area contributed by atoms with Crippen LogP contribution in [0.4, 0.5) is 11.4 Å². The summed E-state index contributed by atoms with van der Waals surface area (Å²) in [7, 11) is 2.50. The third-order valence-corrected chi connectivity index (χ3v) is 5.74. The van der Waals surface area contributed by atoms with Crippen molar-refractivity contribution >= 4 is 123 Å². The smallest absolute Gasteiger partial charge is 0.812 e. The van der Waals surface area contributed by atoms with Gasteiger partial charge in [0.25, 0.3) is 17.4 Å². The number of carbonyl (C=O) groups excluding carboxylic acids is 5. The van der Waals surface area contributed by atoms with Crippen LogP contribution in [0.2, 0.25) is 0 Å². The molecule has 0 fully saturated rings. The summed E-state index contributed by atoms with van der Waals surface area (Å²) in [5.41, 5.74) is 25.6. The SMILES string of the molecule is COC(=O)c1cc(O)ccc1N.COC(=O)c1cc(OCC(N)=O)ccc1N.ClP(Cl)(Cl)(Cl)Cl.N#C[O-].NC(=O)CCl.NC(=O)COc1ccc2[nH]c(=O)[nH]c(=O)c2c1.[Na+]. The molecule has 1 heterocycles. The Kier molecular flexibility index (Phi) is 29.5. The van der Waals surface area contributed by atoms with Gasteiger partial charge >= 0.3 is 107 Å². The number of carbonyl (C=O) groups is 5. The monoisotopic (exact) mass is 990 g/mol. The van der Waals surface area contributed by atoms with Crippen molar-refractivity contribution in [2.24, 2.45) is 17.2 Å².